The van der Waals surface area contributed by atoms with Crippen molar-refractivity contribution in [2.75, 3.05) is 19.6 Å². The predicted molar refractivity (Wildman–Crippen MR) is 66.2 cm³/mol. The van der Waals surface area contributed by atoms with Crippen LogP contribution in [0.15, 0.2) is 30.3 Å². The summed E-state index contributed by atoms with van der Waals surface area (Å²) in [6.45, 7) is 5.80. The third kappa shape index (κ3) is 2.83. The summed E-state index contributed by atoms with van der Waals surface area (Å²) in [6, 6.07) is 9.73. The molecule has 0 radical (unpaired) electrons. The summed E-state index contributed by atoms with van der Waals surface area (Å²) in [5.74, 6) is -0.0835. The van der Waals surface area contributed by atoms with Crippen LogP contribution in [0.1, 0.15) is 25.3 Å². The van der Waals surface area contributed by atoms with Crippen LogP contribution in [0.5, 0.6) is 0 Å². The number of benzene rings is 1. The number of hydrogen-bond donors (Lipinski definition) is 1. The number of carbonyl (C=O) groups excluding carboxylic acids is 1. The summed E-state index contributed by atoms with van der Waals surface area (Å²) in [4.78, 5) is 14.0. The Hall–Kier alpha value is -1.35. The zero-order valence-corrected chi connectivity index (χ0v) is 10.0. The minimum atomic E-state index is -0.207. The molecule has 0 aliphatic heterocycles. The first-order valence-corrected chi connectivity index (χ1v) is 5.78. The van der Waals surface area contributed by atoms with Crippen LogP contribution < -0.4 is 5.73 Å². The van der Waals surface area contributed by atoms with Crippen molar-refractivity contribution in [1.29, 1.82) is 0 Å². The first-order valence-electron chi connectivity index (χ1n) is 5.78. The number of hydrogen-bond acceptors (Lipinski definition) is 2. The number of likely N-dealkylation sites (N-methyl/N-ethyl adjacent to an activating group) is 1. The van der Waals surface area contributed by atoms with Gasteiger partial charge in [0.2, 0.25) is 5.91 Å². The standard InChI is InChI=1S/C13H20N2O/c1-3-15(4-2)13(16)12(10-14)11-8-6-5-7-9-11/h5-9,12H,3-4,10,14H2,1-2H3. The molecule has 0 saturated carbocycles. The lowest BCUT2D eigenvalue weighted by molar-refractivity contribution is -0.132. The highest BCUT2D eigenvalue weighted by atomic mass is 16.2. The van der Waals surface area contributed by atoms with Gasteiger partial charge in [-0.25, -0.2) is 0 Å². The van der Waals surface area contributed by atoms with E-state index in [2.05, 4.69) is 0 Å². The Kier molecular flexibility index (Phi) is 4.99. The first kappa shape index (κ1) is 12.7. The van der Waals surface area contributed by atoms with E-state index >= 15 is 0 Å². The SMILES string of the molecule is CCN(CC)C(=O)C(CN)c1ccccc1. The van der Waals surface area contributed by atoms with Crippen LogP contribution >= 0.6 is 0 Å². The van der Waals surface area contributed by atoms with Gasteiger partial charge in [0.1, 0.15) is 0 Å². The first-order chi connectivity index (χ1) is 7.74. The summed E-state index contributed by atoms with van der Waals surface area (Å²) >= 11 is 0. The van der Waals surface area contributed by atoms with Gasteiger partial charge in [-0.05, 0) is 19.4 Å². The second-order valence-corrected chi connectivity index (χ2v) is 3.71. The third-order valence-corrected chi connectivity index (χ3v) is 2.81. The molecule has 0 saturated heterocycles. The van der Waals surface area contributed by atoms with Gasteiger partial charge in [-0.15, -0.1) is 0 Å². The normalized spacial score (nSPS) is 12.2. The molecule has 1 aromatic rings. The smallest absolute Gasteiger partial charge is 0.231 e. The Morgan fingerprint density at radius 3 is 2.25 bits per heavy atom. The van der Waals surface area contributed by atoms with E-state index in [4.69, 9.17) is 5.73 Å². The van der Waals surface area contributed by atoms with E-state index in [1.807, 2.05) is 49.1 Å². The Morgan fingerprint density at radius 2 is 1.81 bits per heavy atom. The van der Waals surface area contributed by atoms with Gasteiger partial charge in [0.15, 0.2) is 0 Å². The Bertz CT molecular complexity index is 320. The average Bonchev–Trinajstić information content (AvgIpc) is 2.33. The van der Waals surface area contributed by atoms with Crippen LogP contribution in [0.3, 0.4) is 0 Å². The minimum Gasteiger partial charge on any atom is -0.343 e. The van der Waals surface area contributed by atoms with Crippen LogP contribution in [0.25, 0.3) is 0 Å². The molecular weight excluding hydrogens is 200 g/mol. The van der Waals surface area contributed by atoms with Crippen LogP contribution in [0.4, 0.5) is 0 Å². The fraction of sp³-hybridized carbons (Fsp3) is 0.462. The summed E-state index contributed by atoms with van der Waals surface area (Å²) in [6.07, 6.45) is 0. The summed E-state index contributed by atoms with van der Waals surface area (Å²) in [7, 11) is 0. The Balaban J connectivity index is 2.86. The molecule has 1 unspecified atom stereocenters. The van der Waals surface area contributed by atoms with E-state index in [-0.39, 0.29) is 11.8 Å². The molecule has 1 rings (SSSR count). The summed E-state index contributed by atoms with van der Waals surface area (Å²) < 4.78 is 0. The maximum atomic E-state index is 12.2. The number of carbonyl (C=O) groups is 1. The lowest BCUT2D eigenvalue weighted by atomic mass is 9.98. The largest absolute Gasteiger partial charge is 0.343 e. The lowest BCUT2D eigenvalue weighted by Gasteiger charge is -2.24. The van der Waals surface area contributed by atoms with Gasteiger partial charge in [-0.2, -0.15) is 0 Å². The maximum Gasteiger partial charge on any atom is 0.231 e. The molecule has 3 nitrogen and oxygen atoms in total. The van der Waals surface area contributed by atoms with E-state index in [1.165, 1.54) is 0 Å². The van der Waals surface area contributed by atoms with Crippen molar-refractivity contribution in [3.05, 3.63) is 35.9 Å². The van der Waals surface area contributed by atoms with E-state index in [1.54, 1.807) is 0 Å². The molecule has 16 heavy (non-hydrogen) atoms. The van der Waals surface area contributed by atoms with Crippen molar-refractivity contribution in [3.8, 4) is 0 Å². The molecule has 0 aromatic heterocycles. The monoisotopic (exact) mass is 220 g/mol. The number of amides is 1. The molecule has 0 aliphatic carbocycles. The highest BCUT2D eigenvalue weighted by molar-refractivity contribution is 5.84. The van der Waals surface area contributed by atoms with Gasteiger partial charge in [-0.3, -0.25) is 4.79 Å². The second kappa shape index (κ2) is 6.28. The van der Waals surface area contributed by atoms with Gasteiger partial charge in [0.25, 0.3) is 0 Å². The predicted octanol–water partition coefficient (Wildman–Crippen LogP) is 1.60. The number of rotatable bonds is 5. The molecule has 0 aliphatic rings. The fourth-order valence-corrected chi connectivity index (χ4v) is 1.82. The van der Waals surface area contributed by atoms with E-state index in [0.29, 0.717) is 6.54 Å². The Morgan fingerprint density at radius 1 is 1.25 bits per heavy atom. The number of nitrogens with zero attached hydrogens (tertiary/aromatic N) is 1. The highest BCUT2D eigenvalue weighted by Gasteiger charge is 2.22. The Labute approximate surface area is 97.2 Å². The molecule has 0 spiro atoms. The maximum absolute atomic E-state index is 12.2. The molecule has 1 atom stereocenters. The van der Waals surface area contributed by atoms with Crippen molar-refractivity contribution in [2.45, 2.75) is 19.8 Å². The zero-order valence-electron chi connectivity index (χ0n) is 10.0. The van der Waals surface area contributed by atoms with Crippen LogP contribution in [0, 0.1) is 0 Å². The van der Waals surface area contributed by atoms with Crippen molar-refractivity contribution in [2.24, 2.45) is 5.73 Å². The molecule has 0 fully saturated rings. The second-order valence-electron chi connectivity index (χ2n) is 3.71. The fourth-order valence-electron chi connectivity index (χ4n) is 1.82. The topological polar surface area (TPSA) is 46.3 Å². The van der Waals surface area contributed by atoms with Gasteiger partial charge < -0.3 is 10.6 Å². The molecular formula is C13H20N2O. The van der Waals surface area contributed by atoms with Gasteiger partial charge in [0, 0.05) is 19.6 Å². The van der Waals surface area contributed by atoms with Crippen molar-refractivity contribution >= 4 is 5.91 Å². The van der Waals surface area contributed by atoms with Gasteiger partial charge >= 0.3 is 0 Å². The van der Waals surface area contributed by atoms with Gasteiger partial charge in [-0.1, -0.05) is 30.3 Å². The van der Waals surface area contributed by atoms with E-state index in [0.717, 1.165) is 18.7 Å². The average molecular weight is 220 g/mol. The third-order valence-electron chi connectivity index (χ3n) is 2.81. The van der Waals surface area contributed by atoms with Gasteiger partial charge in [0.05, 0.1) is 5.92 Å². The molecule has 3 heteroatoms. The lowest BCUT2D eigenvalue weighted by Crippen LogP contribution is -2.37. The quantitative estimate of drug-likeness (QED) is 0.819. The van der Waals surface area contributed by atoms with Crippen LogP contribution in [-0.4, -0.2) is 30.4 Å². The molecule has 2 N–H and O–H groups in total. The van der Waals surface area contributed by atoms with Crippen LogP contribution in [0.2, 0.25) is 0 Å². The number of nitrogens with two attached hydrogens (primary N) is 1. The zero-order chi connectivity index (χ0) is 12.0. The van der Waals surface area contributed by atoms with Crippen LogP contribution in [-0.2, 0) is 4.79 Å². The summed E-state index contributed by atoms with van der Waals surface area (Å²) in [5, 5.41) is 0. The summed E-state index contributed by atoms with van der Waals surface area (Å²) in [5.41, 5.74) is 6.71. The van der Waals surface area contributed by atoms with Crippen molar-refractivity contribution in [1.82, 2.24) is 4.90 Å². The highest BCUT2D eigenvalue weighted by Crippen LogP contribution is 2.16. The van der Waals surface area contributed by atoms with Crippen molar-refractivity contribution < 1.29 is 4.79 Å². The minimum absolute atomic E-state index is 0.124. The molecule has 1 amide bonds. The molecule has 88 valence electrons. The van der Waals surface area contributed by atoms with E-state index < -0.39 is 0 Å². The molecule has 0 heterocycles. The van der Waals surface area contributed by atoms with Crippen molar-refractivity contribution in [3.63, 3.8) is 0 Å². The molecule has 1 aromatic carbocycles. The molecule has 0 bridgehead atoms. The van der Waals surface area contributed by atoms with E-state index in [9.17, 15) is 4.79 Å².